The van der Waals surface area contributed by atoms with Gasteiger partial charge in [-0.25, -0.2) is 0 Å². The molecule has 1 fully saturated rings. The Kier molecular flexibility index (Phi) is 4.51. The molecule has 1 heterocycles. The molecule has 0 bridgehead atoms. The van der Waals surface area contributed by atoms with E-state index < -0.39 is 0 Å². The molecule has 0 atom stereocenters. The molecule has 0 aromatic heterocycles. The summed E-state index contributed by atoms with van der Waals surface area (Å²) in [5.74, 6) is 0. The first kappa shape index (κ1) is 14.5. The van der Waals surface area contributed by atoms with Crippen molar-refractivity contribution >= 4 is 17.4 Å². The maximum atomic E-state index is 3.42. The van der Waals surface area contributed by atoms with E-state index in [9.17, 15) is 0 Å². The van der Waals surface area contributed by atoms with E-state index in [4.69, 9.17) is 0 Å². The predicted octanol–water partition coefficient (Wildman–Crippen LogP) is 3.86. The second kappa shape index (κ2) is 6.54. The van der Waals surface area contributed by atoms with Crippen LogP contribution in [0.1, 0.15) is 11.1 Å². The number of rotatable bonds is 3. The fraction of sp³-hybridized carbons (Fsp3) is 0.333. The summed E-state index contributed by atoms with van der Waals surface area (Å²) < 4.78 is 0. The SMILES string of the molecule is Cc1ccc(C)c(Sc2ccccc2N2CCNCC2)c1. The second-order valence-electron chi connectivity index (χ2n) is 5.58. The summed E-state index contributed by atoms with van der Waals surface area (Å²) >= 11 is 1.89. The summed E-state index contributed by atoms with van der Waals surface area (Å²) in [6, 6.07) is 15.5. The normalized spacial score (nSPS) is 15.2. The molecule has 1 aliphatic heterocycles. The Balaban J connectivity index is 1.89. The Labute approximate surface area is 131 Å². The highest BCUT2D eigenvalue weighted by Gasteiger charge is 2.14. The van der Waals surface area contributed by atoms with E-state index >= 15 is 0 Å². The molecule has 0 unspecified atom stereocenters. The Morgan fingerprint density at radius 3 is 2.52 bits per heavy atom. The molecule has 110 valence electrons. The van der Waals surface area contributed by atoms with Gasteiger partial charge in [-0.2, -0.15) is 0 Å². The van der Waals surface area contributed by atoms with Gasteiger partial charge in [0.1, 0.15) is 0 Å². The Morgan fingerprint density at radius 1 is 0.952 bits per heavy atom. The number of aryl methyl sites for hydroxylation is 2. The zero-order valence-corrected chi connectivity index (χ0v) is 13.5. The zero-order chi connectivity index (χ0) is 14.7. The molecule has 1 aliphatic rings. The number of hydrogen-bond donors (Lipinski definition) is 1. The summed E-state index contributed by atoms with van der Waals surface area (Å²) in [5.41, 5.74) is 4.04. The molecule has 2 nitrogen and oxygen atoms in total. The summed E-state index contributed by atoms with van der Waals surface area (Å²) in [6.45, 7) is 8.67. The molecular formula is C18H22N2S. The first-order valence-electron chi connectivity index (χ1n) is 7.54. The maximum absolute atomic E-state index is 3.42. The van der Waals surface area contributed by atoms with Crippen LogP contribution in [0.15, 0.2) is 52.3 Å². The number of nitrogens with zero attached hydrogens (tertiary/aromatic N) is 1. The van der Waals surface area contributed by atoms with Crippen LogP contribution in [0.3, 0.4) is 0 Å². The largest absolute Gasteiger partial charge is 0.368 e. The van der Waals surface area contributed by atoms with Crippen LogP contribution in [0, 0.1) is 13.8 Å². The van der Waals surface area contributed by atoms with E-state index in [1.165, 1.54) is 26.6 Å². The lowest BCUT2D eigenvalue weighted by Gasteiger charge is -2.31. The lowest BCUT2D eigenvalue weighted by atomic mass is 10.2. The van der Waals surface area contributed by atoms with Crippen LogP contribution in [0.5, 0.6) is 0 Å². The van der Waals surface area contributed by atoms with Crippen LogP contribution in [0.25, 0.3) is 0 Å². The van der Waals surface area contributed by atoms with Crippen LogP contribution < -0.4 is 10.2 Å². The molecular weight excluding hydrogens is 276 g/mol. The van der Waals surface area contributed by atoms with E-state index in [0.717, 1.165) is 26.2 Å². The van der Waals surface area contributed by atoms with Gasteiger partial charge >= 0.3 is 0 Å². The van der Waals surface area contributed by atoms with E-state index in [-0.39, 0.29) is 0 Å². The van der Waals surface area contributed by atoms with Crippen molar-refractivity contribution in [1.29, 1.82) is 0 Å². The molecule has 0 saturated carbocycles. The minimum Gasteiger partial charge on any atom is -0.368 e. The average molecular weight is 298 g/mol. The van der Waals surface area contributed by atoms with Crippen molar-refractivity contribution in [2.45, 2.75) is 23.6 Å². The molecule has 2 aromatic carbocycles. The van der Waals surface area contributed by atoms with Gasteiger partial charge in [0.2, 0.25) is 0 Å². The smallest absolute Gasteiger partial charge is 0.0508 e. The lowest BCUT2D eigenvalue weighted by molar-refractivity contribution is 0.587. The zero-order valence-electron chi connectivity index (χ0n) is 12.7. The van der Waals surface area contributed by atoms with Crippen LogP contribution >= 0.6 is 11.8 Å². The highest BCUT2D eigenvalue weighted by molar-refractivity contribution is 7.99. The predicted molar refractivity (Wildman–Crippen MR) is 91.6 cm³/mol. The average Bonchev–Trinajstić information content (AvgIpc) is 2.52. The first-order chi connectivity index (χ1) is 10.2. The summed E-state index contributed by atoms with van der Waals surface area (Å²) in [4.78, 5) is 5.20. The lowest BCUT2D eigenvalue weighted by Crippen LogP contribution is -2.43. The fourth-order valence-corrected chi connectivity index (χ4v) is 3.81. The number of anilines is 1. The minimum absolute atomic E-state index is 1.07. The van der Waals surface area contributed by atoms with E-state index in [2.05, 4.69) is 66.5 Å². The van der Waals surface area contributed by atoms with Gasteiger partial charge in [-0.15, -0.1) is 0 Å². The van der Waals surface area contributed by atoms with Gasteiger partial charge in [-0.1, -0.05) is 36.0 Å². The molecule has 1 N–H and O–H groups in total. The van der Waals surface area contributed by atoms with Crippen molar-refractivity contribution in [3.63, 3.8) is 0 Å². The summed E-state index contributed by atoms with van der Waals surface area (Å²) in [5, 5.41) is 3.42. The van der Waals surface area contributed by atoms with Crippen LogP contribution in [0.4, 0.5) is 5.69 Å². The van der Waals surface area contributed by atoms with Gasteiger partial charge in [-0.05, 0) is 43.2 Å². The molecule has 0 aliphatic carbocycles. The first-order valence-corrected chi connectivity index (χ1v) is 8.35. The van der Waals surface area contributed by atoms with Crippen molar-refractivity contribution in [2.24, 2.45) is 0 Å². The van der Waals surface area contributed by atoms with Crippen molar-refractivity contribution in [1.82, 2.24) is 5.32 Å². The van der Waals surface area contributed by atoms with Gasteiger partial charge in [0.25, 0.3) is 0 Å². The number of nitrogens with one attached hydrogen (secondary N) is 1. The topological polar surface area (TPSA) is 15.3 Å². The molecule has 3 heteroatoms. The molecule has 1 saturated heterocycles. The molecule has 21 heavy (non-hydrogen) atoms. The Bertz CT molecular complexity index is 618. The van der Waals surface area contributed by atoms with Crippen molar-refractivity contribution in [3.05, 3.63) is 53.6 Å². The van der Waals surface area contributed by atoms with Crippen LogP contribution in [-0.4, -0.2) is 26.2 Å². The van der Waals surface area contributed by atoms with Gasteiger partial charge in [0.15, 0.2) is 0 Å². The number of benzene rings is 2. The number of piperazine rings is 1. The highest BCUT2D eigenvalue weighted by atomic mass is 32.2. The molecule has 0 radical (unpaired) electrons. The van der Waals surface area contributed by atoms with Gasteiger partial charge < -0.3 is 10.2 Å². The van der Waals surface area contributed by atoms with Gasteiger partial charge in [0, 0.05) is 36.0 Å². The standard InChI is InChI=1S/C18H22N2S/c1-14-7-8-15(2)18(13-14)21-17-6-4-3-5-16(17)20-11-9-19-10-12-20/h3-8,13,19H,9-12H2,1-2H3. The second-order valence-corrected chi connectivity index (χ2v) is 6.66. The number of para-hydroxylation sites is 1. The molecule has 2 aromatic rings. The monoisotopic (exact) mass is 298 g/mol. The third kappa shape index (κ3) is 3.42. The van der Waals surface area contributed by atoms with Gasteiger partial charge in [-0.3, -0.25) is 0 Å². The van der Waals surface area contributed by atoms with Crippen molar-refractivity contribution < 1.29 is 0 Å². The fourth-order valence-electron chi connectivity index (χ4n) is 2.65. The maximum Gasteiger partial charge on any atom is 0.0508 e. The number of hydrogen-bond acceptors (Lipinski definition) is 3. The molecule has 0 amide bonds. The quantitative estimate of drug-likeness (QED) is 0.926. The van der Waals surface area contributed by atoms with Crippen LogP contribution in [0.2, 0.25) is 0 Å². The van der Waals surface area contributed by atoms with Crippen molar-refractivity contribution in [3.8, 4) is 0 Å². The third-order valence-electron chi connectivity index (χ3n) is 3.89. The highest BCUT2D eigenvalue weighted by Crippen LogP contribution is 2.37. The Morgan fingerprint density at radius 2 is 1.71 bits per heavy atom. The van der Waals surface area contributed by atoms with Crippen LogP contribution in [-0.2, 0) is 0 Å². The minimum atomic E-state index is 1.07. The third-order valence-corrected chi connectivity index (χ3v) is 5.11. The van der Waals surface area contributed by atoms with E-state index in [0.29, 0.717) is 0 Å². The van der Waals surface area contributed by atoms with E-state index in [1.807, 2.05) is 11.8 Å². The van der Waals surface area contributed by atoms with Gasteiger partial charge in [0.05, 0.1) is 5.69 Å². The summed E-state index contributed by atoms with van der Waals surface area (Å²) in [6.07, 6.45) is 0. The molecule has 0 spiro atoms. The molecule has 3 rings (SSSR count). The van der Waals surface area contributed by atoms with E-state index in [1.54, 1.807) is 0 Å². The van der Waals surface area contributed by atoms with Crippen molar-refractivity contribution in [2.75, 3.05) is 31.1 Å². The Hall–Kier alpha value is -1.45. The summed E-state index contributed by atoms with van der Waals surface area (Å²) in [7, 11) is 0.